The summed E-state index contributed by atoms with van der Waals surface area (Å²) in [5.41, 5.74) is 1.94. The Kier molecular flexibility index (Phi) is 3.56. The minimum atomic E-state index is -3.03. The highest BCUT2D eigenvalue weighted by Gasteiger charge is 2.27. The SMILES string of the molecule is CS(=O)(=O)CCNC(=O)C1CNc2ccccc21. The molecule has 1 aromatic carbocycles. The summed E-state index contributed by atoms with van der Waals surface area (Å²) in [7, 11) is -3.03. The minimum absolute atomic E-state index is 0.0272. The molecule has 6 heteroatoms. The van der Waals surface area contributed by atoms with Crippen LogP contribution in [0.4, 0.5) is 5.69 Å². The lowest BCUT2D eigenvalue weighted by Gasteiger charge is -2.10. The maximum atomic E-state index is 11.9. The standard InChI is InChI=1S/C12H16N2O3S/c1-18(16,17)7-6-13-12(15)10-8-14-11-5-3-2-4-9(10)11/h2-5,10,14H,6-8H2,1H3,(H,13,15). The van der Waals surface area contributed by atoms with E-state index >= 15 is 0 Å². The fraction of sp³-hybridized carbons (Fsp3) is 0.417. The van der Waals surface area contributed by atoms with E-state index in [0.717, 1.165) is 17.5 Å². The maximum Gasteiger partial charge on any atom is 0.229 e. The second kappa shape index (κ2) is 4.97. The minimum Gasteiger partial charge on any atom is -0.384 e. The number of hydrogen-bond acceptors (Lipinski definition) is 4. The van der Waals surface area contributed by atoms with Gasteiger partial charge in [-0.05, 0) is 11.6 Å². The number of carbonyl (C=O) groups excluding carboxylic acids is 1. The van der Waals surface area contributed by atoms with Gasteiger partial charge in [-0.1, -0.05) is 18.2 Å². The van der Waals surface area contributed by atoms with Crippen LogP contribution in [0, 0.1) is 0 Å². The number of hydrogen-bond donors (Lipinski definition) is 2. The molecule has 1 aromatic rings. The van der Waals surface area contributed by atoms with Gasteiger partial charge in [-0.25, -0.2) is 8.42 Å². The van der Waals surface area contributed by atoms with E-state index in [1.807, 2.05) is 24.3 Å². The van der Waals surface area contributed by atoms with Crippen molar-refractivity contribution >= 4 is 21.4 Å². The van der Waals surface area contributed by atoms with E-state index in [9.17, 15) is 13.2 Å². The predicted octanol–water partition coefficient (Wildman–Crippen LogP) is 0.356. The van der Waals surface area contributed by atoms with Gasteiger partial charge in [-0.15, -0.1) is 0 Å². The Balaban J connectivity index is 1.96. The monoisotopic (exact) mass is 268 g/mol. The van der Waals surface area contributed by atoms with E-state index in [1.165, 1.54) is 0 Å². The molecule has 2 N–H and O–H groups in total. The van der Waals surface area contributed by atoms with Crippen LogP contribution in [-0.4, -0.2) is 39.4 Å². The molecule has 98 valence electrons. The highest BCUT2D eigenvalue weighted by atomic mass is 32.2. The molecule has 0 bridgehead atoms. The lowest BCUT2D eigenvalue weighted by atomic mass is 10.0. The van der Waals surface area contributed by atoms with Gasteiger partial charge in [0.05, 0.1) is 11.7 Å². The number of fused-ring (bicyclic) bond motifs is 1. The number of carbonyl (C=O) groups is 1. The van der Waals surface area contributed by atoms with Crippen LogP contribution < -0.4 is 10.6 Å². The molecule has 2 rings (SSSR count). The van der Waals surface area contributed by atoms with Gasteiger partial charge in [0.1, 0.15) is 9.84 Å². The molecular formula is C12H16N2O3S. The van der Waals surface area contributed by atoms with Crippen molar-refractivity contribution in [2.75, 3.05) is 30.4 Å². The van der Waals surface area contributed by atoms with Crippen LogP contribution in [0.25, 0.3) is 0 Å². The average Bonchev–Trinajstić information content (AvgIpc) is 2.70. The highest BCUT2D eigenvalue weighted by molar-refractivity contribution is 7.90. The molecule has 0 aliphatic carbocycles. The summed E-state index contributed by atoms with van der Waals surface area (Å²) in [4.78, 5) is 11.9. The van der Waals surface area contributed by atoms with E-state index in [1.54, 1.807) is 0 Å². The average molecular weight is 268 g/mol. The molecule has 1 aliphatic heterocycles. The van der Waals surface area contributed by atoms with Gasteiger partial charge in [0, 0.05) is 25.0 Å². The summed E-state index contributed by atoms with van der Waals surface area (Å²) < 4.78 is 21.9. The molecule has 0 radical (unpaired) electrons. The Morgan fingerprint density at radius 3 is 2.89 bits per heavy atom. The zero-order chi connectivity index (χ0) is 13.2. The Morgan fingerprint density at radius 2 is 2.17 bits per heavy atom. The van der Waals surface area contributed by atoms with Crippen molar-refractivity contribution < 1.29 is 13.2 Å². The summed E-state index contributed by atoms with van der Waals surface area (Å²) in [6, 6.07) is 7.65. The summed E-state index contributed by atoms with van der Waals surface area (Å²) >= 11 is 0. The number of amides is 1. The third kappa shape index (κ3) is 3.01. The van der Waals surface area contributed by atoms with E-state index in [2.05, 4.69) is 10.6 Å². The first-order valence-corrected chi connectivity index (χ1v) is 7.81. The molecule has 0 saturated heterocycles. The van der Waals surface area contributed by atoms with Crippen LogP contribution in [0.15, 0.2) is 24.3 Å². The van der Waals surface area contributed by atoms with Gasteiger partial charge in [0.25, 0.3) is 0 Å². The molecular weight excluding hydrogens is 252 g/mol. The van der Waals surface area contributed by atoms with Crippen LogP contribution in [-0.2, 0) is 14.6 Å². The van der Waals surface area contributed by atoms with Crippen LogP contribution in [0.3, 0.4) is 0 Å². The van der Waals surface area contributed by atoms with Crippen molar-refractivity contribution in [1.29, 1.82) is 0 Å². The van der Waals surface area contributed by atoms with Gasteiger partial charge in [0.2, 0.25) is 5.91 Å². The van der Waals surface area contributed by atoms with Crippen LogP contribution >= 0.6 is 0 Å². The fourth-order valence-corrected chi connectivity index (χ4v) is 2.47. The van der Waals surface area contributed by atoms with Gasteiger partial charge in [-0.2, -0.15) is 0 Å². The van der Waals surface area contributed by atoms with Crippen LogP contribution in [0.5, 0.6) is 0 Å². The molecule has 1 atom stereocenters. The lowest BCUT2D eigenvalue weighted by Crippen LogP contribution is -2.33. The Morgan fingerprint density at radius 1 is 1.44 bits per heavy atom. The molecule has 5 nitrogen and oxygen atoms in total. The molecule has 1 amide bonds. The number of nitrogens with one attached hydrogen (secondary N) is 2. The predicted molar refractivity (Wildman–Crippen MR) is 70.4 cm³/mol. The van der Waals surface area contributed by atoms with Gasteiger partial charge < -0.3 is 10.6 Å². The van der Waals surface area contributed by atoms with E-state index in [4.69, 9.17) is 0 Å². The largest absolute Gasteiger partial charge is 0.384 e. The van der Waals surface area contributed by atoms with Crippen LogP contribution in [0.2, 0.25) is 0 Å². The van der Waals surface area contributed by atoms with Crippen molar-refractivity contribution in [3.8, 4) is 0 Å². The van der Waals surface area contributed by atoms with E-state index < -0.39 is 9.84 Å². The third-order valence-electron chi connectivity index (χ3n) is 2.92. The Bertz CT molecular complexity index is 554. The molecule has 18 heavy (non-hydrogen) atoms. The Hall–Kier alpha value is -1.56. The first-order chi connectivity index (χ1) is 8.47. The maximum absolute atomic E-state index is 11.9. The first-order valence-electron chi connectivity index (χ1n) is 5.75. The summed E-state index contributed by atoms with van der Waals surface area (Å²) in [6.07, 6.45) is 1.16. The topological polar surface area (TPSA) is 75.3 Å². The summed E-state index contributed by atoms with van der Waals surface area (Å²) in [6.45, 7) is 0.723. The second-order valence-corrected chi connectivity index (χ2v) is 6.70. The first kappa shape index (κ1) is 12.9. The molecule has 0 fully saturated rings. The second-order valence-electron chi connectivity index (χ2n) is 4.44. The number of sulfone groups is 1. The highest BCUT2D eigenvalue weighted by Crippen LogP contribution is 2.30. The number of anilines is 1. The summed E-state index contributed by atoms with van der Waals surface area (Å²) in [5, 5.41) is 5.82. The molecule has 1 aliphatic rings. The van der Waals surface area contributed by atoms with Gasteiger partial charge >= 0.3 is 0 Å². The zero-order valence-electron chi connectivity index (χ0n) is 10.1. The van der Waals surface area contributed by atoms with Crippen molar-refractivity contribution in [3.05, 3.63) is 29.8 Å². The molecule has 0 saturated carbocycles. The number of benzene rings is 1. The van der Waals surface area contributed by atoms with E-state index in [0.29, 0.717) is 6.54 Å². The normalized spacial score (nSPS) is 17.9. The fourth-order valence-electron chi connectivity index (χ4n) is 2.00. The van der Waals surface area contributed by atoms with Gasteiger partial charge in [0.15, 0.2) is 0 Å². The van der Waals surface area contributed by atoms with Crippen molar-refractivity contribution in [1.82, 2.24) is 5.32 Å². The Labute approximate surface area is 107 Å². The lowest BCUT2D eigenvalue weighted by molar-refractivity contribution is -0.122. The van der Waals surface area contributed by atoms with Crippen molar-refractivity contribution in [2.24, 2.45) is 0 Å². The molecule has 1 heterocycles. The zero-order valence-corrected chi connectivity index (χ0v) is 11.0. The van der Waals surface area contributed by atoms with Crippen molar-refractivity contribution in [2.45, 2.75) is 5.92 Å². The van der Waals surface area contributed by atoms with E-state index in [-0.39, 0.29) is 24.1 Å². The molecule has 1 unspecified atom stereocenters. The van der Waals surface area contributed by atoms with Crippen molar-refractivity contribution in [3.63, 3.8) is 0 Å². The summed E-state index contributed by atoms with van der Waals surface area (Å²) in [5.74, 6) is -0.391. The van der Waals surface area contributed by atoms with Crippen LogP contribution in [0.1, 0.15) is 11.5 Å². The molecule has 0 aromatic heterocycles. The van der Waals surface area contributed by atoms with Gasteiger partial charge in [-0.3, -0.25) is 4.79 Å². The molecule has 0 spiro atoms. The quantitative estimate of drug-likeness (QED) is 0.826. The smallest absolute Gasteiger partial charge is 0.229 e. The number of rotatable bonds is 4. The third-order valence-corrected chi connectivity index (χ3v) is 3.87. The number of para-hydroxylation sites is 1.